The molecule has 17 heavy (non-hydrogen) atoms. The Morgan fingerprint density at radius 1 is 1.41 bits per heavy atom. The van der Waals surface area contributed by atoms with Crippen LogP contribution in [0.5, 0.6) is 0 Å². The van der Waals surface area contributed by atoms with E-state index < -0.39 is 0 Å². The van der Waals surface area contributed by atoms with Crippen LogP contribution < -0.4 is 5.32 Å². The van der Waals surface area contributed by atoms with Crippen molar-refractivity contribution in [3.63, 3.8) is 0 Å². The van der Waals surface area contributed by atoms with E-state index in [9.17, 15) is 0 Å². The first kappa shape index (κ1) is 14.1. The Balaban J connectivity index is 2.83. The molecule has 0 atom stereocenters. The first-order valence-corrected chi connectivity index (χ1v) is 6.66. The lowest BCUT2D eigenvalue weighted by Gasteiger charge is -2.37. The molecule has 1 aliphatic heterocycles. The quantitative estimate of drug-likeness (QED) is 0.770. The Morgan fingerprint density at radius 2 is 2.06 bits per heavy atom. The van der Waals surface area contributed by atoms with Crippen molar-refractivity contribution in [3.8, 4) is 0 Å². The van der Waals surface area contributed by atoms with Gasteiger partial charge < -0.3 is 15.0 Å². The van der Waals surface area contributed by atoms with E-state index in [1.54, 1.807) is 6.20 Å². The van der Waals surface area contributed by atoms with Crippen molar-refractivity contribution in [2.75, 3.05) is 19.8 Å². The van der Waals surface area contributed by atoms with Gasteiger partial charge in [-0.25, -0.2) is 0 Å². The molecule has 3 heteroatoms. The van der Waals surface area contributed by atoms with E-state index in [2.05, 4.69) is 37.6 Å². The number of hydrogen-bond acceptors (Lipinski definition) is 3. The molecule has 1 saturated heterocycles. The summed E-state index contributed by atoms with van der Waals surface area (Å²) < 4.78 is 5.44. The molecule has 0 radical (unpaired) electrons. The van der Waals surface area contributed by atoms with Gasteiger partial charge in [0.1, 0.15) is 5.82 Å². The van der Waals surface area contributed by atoms with E-state index in [0.29, 0.717) is 6.04 Å². The van der Waals surface area contributed by atoms with Crippen molar-refractivity contribution in [1.29, 1.82) is 0 Å². The number of nitrogens with one attached hydrogen (secondary N) is 1. The molecule has 1 aliphatic rings. The first-order valence-electron chi connectivity index (χ1n) is 6.66. The van der Waals surface area contributed by atoms with Crippen LogP contribution in [0.1, 0.15) is 40.0 Å². The predicted molar refractivity (Wildman–Crippen MR) is 72.5 cm³/mol. The highest BCUT2D eigenvalue weighted by Gasteiger charge is 2.22. The van der Waals surface area contributed by atoms with Crippen LogP contribution in [-0.2, 0) is 4.74 Å². The van der Waals surface area contributed by atoms with E-state index in [1.165, 1.54) is 11.4 Å². The van der Waals surface area contributed by atoms with Crippen molar-refractivity contribution in [3.05, 3.63) is 24.2 Å². The lowest BCUT2D eigenvalue weighted by atomic mass is 10.1. The van der Waals surface area contributed by atoms with Gasteiger partial charge in [0.2, 0.25) is 0 Å². The number of allylic oxidation sites excluding steroid dienone is 1. The maximum Gasteiger partial charge on any atom is 0.104 e. The van der Waals surface area contributed by atoms with Crippen LogP contribution in [0.15, 0.2) is 24.2 Å². The summed E-state index contributed by atoms with van der Waals surface area (Å²) >= 11 is 0. The van der Waals surface area contributed by atoms with Crippen molar-refractivity contribution >= 4 is 0 Å². The molecule has 98 valence electrons. The zero-order valence-electron chi connectivity index (χ0n) is 11.5. The Labute approximate surface area is 106 Å². The summed E-state index contributed by atoms with van der Waals surface area (Å²) in [6, 6.07) is 0.595. The minimum Gasteiger partial charge on any atom is -0.381 e. The topological polar surface area (TPSA) is 24.5 Å². The van der Waals surface area contributed by atoms with Crippen LogP contribution in [-0.4, -0.2) is 30.7 Å². The summed E-state index contributed by atoms with van der Waals surface area (Å²) in [6.07, 6.45) is 5.08. The summed E-state index contributed by atoms with van der Waals surface area (Å²) in [7, 11) is 0. The minimum atomic E-state index is 0.595. The second-order valence-electron chi connectivity index (χ2n) is 4.46. The van der Waals surface area contributed by atoms with Gasteiger partial charge in [-0.2, -0.15) is 0 Å². The average molecular weight is 238 g/mol. The fourth-order valence-electron chi connectivity index (χ4n) is 2.31. The molecule has 3 nitrogen and oxygen atoms in total. The Hall–Kier alpha value is -0.960. The molecule has 1 N–H and O–H groups in total. The maximum absolute atomic E-state index is 5.44. The molecule has 0 spiro atoms. The van der Waals surface area contributed by atoms with Gasteiger partial charge in [0.15, 0.2) is 0 Å². The fourth-order valence-corrected chi connectivity index (χ4v) is 2.31. The monoisotopic (exact) mass is 238 g/mol. The van der Waals surface area contributed by atoms with Crippen LogP contribution in [0.2, 0.25) is 0 Å². The Kier molecular flexibility index (Phi) is 6.12. The molecule has 0 unspecified atom stereocenters. The molecular formula is C14H26N2O. The maximum atomic E-state index is 5.44. The van der Waals surface area contributed by atoms with Gasteiger partial charge in [-0.3, -0.25) is 0 Å². The fraction of sp³-hybridized carbons (Fsp3) is 0.714. The lowest BCUT2D eigenvalue weighted by Crippen LogP contribution is -2.42. The number of hydrogen-bond donors (Lipinski definition) is 1. The Morgan fingerprint density at radius 3 is 2.53 bits per heavy atom. The van der Waals surface area contributed by atoms with Crippen LogP contribution in [0.4, 0.5) is 0 Å². The summed E-state index contributed by atoms with van der Waals surface area (Å²) in [5, 5.41) is 3.31. The minimum absolute atomic E-state index is 0.595. The summed E-state index contributed by atoms with van der Waals surface area (Å²) in [4.78, 5) is 2.46. The lowest BCUT2D eigenvalue weighted by molar-refractivity contribution is 0.0450. The van der Waals surface area contributed by atoms with Gasteiger partial charge in [-0.1, -0.05) is 13.5 Å². The van der Waals surface area contributed by atoms with Gasteiger partial charge in [0.25, 0.3) is 0 Å². The second kappa shape index (κ2) is 7.38. The van der Waals surface area contributed by atoms with Gasteiger partial charge in [-0.05, 0) is 44.9 Å². The van der Waals surface area contributed by atoms with Gasteiger partial charge in [0.05, 0.1) is 0 Å². The predicted octanol–water partition coefficient (Wildman–Crippen LogP) is 2.86. The third-order valence-corrected chi connectivity index (χ3v) is 3.43. The molecular weight excluding hydrogens is 212 g/mol. The van der Waals surface area contributed by atoms with Crippen molar-refractivity contribution in [1.82, 2.24) is 10.2 Å². The highest BCUT2D eigenvalue weighted by atomic mass is 16.5. The molecule has 0 bridgehead atoms. The second-order valence-corrected chi connectivity index (χ2v) is 4.46. The van der Waals surface area contributed by atoms with Gasteiger partial charge in [-0.15, -0.1) is 0 Å². The number of ether oxygens (including phenoxy) is 1. The normalized spacial score (nSPS) is 18.5. The van der Waals surface area contributed by atoms with Gasteiger partial charge >= 0.3 is 0 Å². The van der Waals surface area contributed by atoms with Crippen molar-refractivity contribution in [2.45, 2.75) is 46.1 Å². The number of nitrogens with zero attached hydrogens (tertiary/aromatic N) is 1. The van der Waals surface area contributed by atoms with Crippen LogP contribution in [0, 0.1) is 0 Å². The third-order valence-electron chi connectivity index (χ3n) is 3.43. The largest absolute Gasteiger partial charge is 0.381 e. The first-order chi connectivity index (χ1) is 8.24. The summed E-state index contributed by atoms with van der Waals surface area (Å²) in [5.74, 6) is 1.23. The van der Waals surface area contributed by atoms with Crippen LogP contribution >= 0.6 is 0 Å². The molecule has 0 aromatic heterocycles. The van der Waals surface area contributed by atoms with Crippen molar-refractivity contribution in [2.24, 2.45) is 0 Å². The molecule has 0 aromatic rings. The SMILES string of the molecule is C=CN/C(=C(/C)CC)N(CC)C1CCOCC1. The molecule has 1 heterocycles. The summed E-state index contributed by atoms with van der Waals surface area (Å²) in [6.45, 7) is 13.2. The van der Waals surface area contributed by atoms with Crippen LogP contribution in [0.25, 0.3) is 0 Å². The zero-order valence-corrected chi connectivity index (χ0v) is 11.5. The summed E-state index contributed by atoms with van der Waals surface area (Å²) in [5.41, 5.74) is 1.39. The molecule has 0 aromatic carbocycles. The highest BCUT2D eigenvalue weighted by molar-refractivity contribution is 5.12. The van der Waals surface area contributed by atoms with Crippen LogP contribution in [0.3, 0.4) is 0 Å². The van der Waals surface area contributed by atoms with E-state index in [1.807, 2.05) is 0 Å². The molecule has 0 amide bonds. The van der Waals surface area contributed by atoms with Crippen molar-refractivity contribution < 1.29 is 4.74 Å². The van der Waals surface area contributed by atoms with E-state index in [-0.39, 0.29) is 0 Å². The van der Waals surface area contributed by atoms with E-state index >= 15 is 0 Å². The molecule has 1 fully saturated rings. The zero-order chi connectivity index (χ0) is 12.7. The average Bonchev–Trinajstić information content (AvgIpc) is 2.39. The Bertz CT molecular complexity index is 267. The van der Waals surface area contributed by atoms with E-state index in [4.69, 9.17) is 4.74 Å². The van der Waals surface area contributed by atoms with Gasteiger partial charge in [0, 0.05) is 25.8 Å². The number of rotatable bonds is 6. The third kappa shape index (κ3) is 3.77. The molecule has 0 aliphatic carbocycles. The molecule has 1 rings (SSSR count). The standard InChI is InChI=1S/C14H26N2O/c1-5-12(4)14(15-6-2)16(7-3)13-8-10-17-11-9-13/h6,13,15H,2,5,7-11H2,1,3-4H3/b14-12+. The molecule has 0 saturated carbocycles. The van der Waals surface area contributed by atoms with E-state index in [0.717, 1.165) is 39.0 Å². The highest BCUT2D eigenvalue weighted by Crippen LogP contribution is 2.20. The smallest absolute Gasteiger partial charge is 0.104 e.